The fraction of sp³-hybridized carbons (Fsp3) is 0.588. The number of hydrogen-bond donors (Lipinski definition) is 3. The number of aliphatic imine (C=N–C) groups is 1. The van der Waals surface area contributed by atoms with E-state index >= 15 is 0 Å². The molecule has 0 bridgehead atoms. The first kappa shape index (κ1) is 18.1. The van der Waals surface area contributed by atoms with Crippen molar-refractivity contribution < 1.29 is 9.84 Å². The van der Waals surface area contributed by atoms with Crippen LogP contribution < -0.4 is 15.4 Å². The first-order valence-corrected chi connectivity index (χ1v) is 7.94. The summed E-state index contributed by atoms with van der Waals surface area (Å²) in [6.45, 7) is 8.81. The molecule has 0 spiro atoms. The minimum absolute atomic E-state index is 0.267. The van der Waals surface area contributed by atoms with Crippen molar-refractivity contribution in [2.24, 2.45) is 10.9 Å². The molecular weight excluding hydrogens is 278 g/mol. The molecule has 1 rings (SSSR count). The molecule has 0 amide bonds. The van der Waals surface area contributed by atoms with Crippen molar-refractivity contribution in [1.82, 2.24) is 10.6 Å². The van der Waals surface area contributed by atoms with E-state index in [0.29, 0.717) is 18.2 Å². The molecule has 0 saturated heterocycles. The third kappa shape index (κ3) is 6.70. The Bertz CT molecular complexity index is 473. The average molecular weight is 307 g/mol. The lowest BCUT2D eigenvalue weighted by atomic mass is 10.1. The van der Waals surface area contributed by atoms with E-state index in [2.05, 4.69) is 36.4 Å². The van der Waals surface area contributed by atoms with Crippen LogP contribution in [0.4, 0.5) is 0 Å². The van der Waals surface area contributed by atoms with Gasteiger partial charge in [0, 0.05) is 25.7 Å². The lowest BCUT2D eigenvalue weighted by molar-refractivity contribution is 0.406. The molecule has 0 aromatic heterocycles. The van der Waals surface area contributed by atoms with Crippen LogP contribution in [0.5, 0.6) is 11.5 Å². The van der Waals surface area contributed by atoms with Crippen LogP contribution in [-0.4, -0.2) is 37.8 Å². The molecule has 3 N–H and O–H groups in total. The molecule has 1 aromatic rings. The van der Waals surface area contributed by atoms with Crippen LogP contribution in [0.15, 0.2) is 23.2 Å². The van der Waals surface area contributed by atoms with E-state index in [9.17, 15) is 5.11 Å². The molecule has 1 aromatic carbocycles. The molecule has 22 heavy (non-hydrogen) atoms. The summed E-state index contributed by atoms with van der Waals surface area (Å²) in [4.78, 5) is 4.55. The molecule has 0 atom stereocenters. The zero-order chi connectivity index (χ0) is 16.4. The first-order chi connectivity index (χ1) is 10.6. The number of nitrogens with zero attached hydrogens (tertiary/aromatic N) is 1. The van der Waals surface area contributed by atoms with Gasteiger partial charge in [-0.25, -0.2) is 0 Å². The molecular formula is C17H29N3O2. The summed E-state index contributed by atoms with van der Waals surface area (Å²) in [5.74, 6) is 2.42. The number of aromatic hydroxyl groups is 1. The normalized spacial score (nSPS) is 11.6. The maximum absolute atomic E-state index is 9.94. The summed E-state index contributed by atoms with van der Waals surface area (Å²) in [6, 6.07) is 5.38. The molecule has 0 aliphatic heterocycles. The standard InChI is InChI=1S/C17H29N3O2/c1-5-18-17(19-10-8-13(2)3)20-11-9-14-6-7-15(22-4)12-16(14)21/h6-7,12-13,21H,5,8-11H2,1-4H3,(H2,18,19,20). The second kappa shape index (κ2) is 9.92. The van der Waals surface area contributed by atoms with Crippen molar-refractivity contribution in [2.75, 3.05) is 26.7 Å². The topological polar surface area (TPSA) is 65.9 Å². The van der Waals surface area contributed by atoms with E-state index in [-0.39, 0.29) is 5.75 Å². The predicted molar refractivity (Wildman–Crippen MR) is 91.8 cm³/mol. The van der Waals surface area contributed by atoms with Gasteiger partial charge in [0.1, 0.15) is 11.5 Å². The van der Waals surface area contributed by atoms with E-state index in [0.717, 1.165) is 37.5 Å². The van der Waals surface area contributed by atoms with Gasteiger partial charge in [0.2, 0.25) is 0 Å². The summed E-state index contributed by atoms with van der Waals surface area (Å²) < 4.78 is 5.08. The van der Waals surface area contributed by atoms with Gasteiger partial charge in [-0.05, 0) is 37.3 Å². The van der Waals surface area contributed by atoms with Gasteiger partial charge in [0.05, 0.1) is 7.11 Å². The van der Waals surface area contributed by atoms with E-state index in [4.69, 9.17) is 4.74 Å². The second-order valence-corrected chi connectivity index (χ2v) is 5.61. The van der Waals surface area contributed by atoms with Crippen LogP contribution in [0.3, 0.4) is 0 Å². The largest absolute Gasteiger partial charge is 0.508 e. The minimum atomic E-state index is 0.267. The Balaban J connectivity index is 2.48. The Kier molecular flexibility index (Phi) is 8.18. The third-order valence-corrected chi connectivity index (χ3v) is 3.30. The quantitative estimate of drug-likeness (QED) is 0.510. The first-order valence-electron chi connectivity index (χ1n) is 7.94. The highest BCUT2D eigenvalue weighted by Crippen LogP contribution is 2.23. The van der Waals surface area contributed by atoms with Crippen LogP contribution in [-0.2, 0) is 6.42 Å². The SMILES string of the molecule is CCNC(=NCCC(C)C)NCCc1ccc(OC)cc1O. The summed E-state index contributed by atoms with van der Waals surface area (Å²) in [7, 11) is 1.59. The molecule has 0 heterocycles. The predicted octanol–water partition coefficient (Wildman–Crippen LogP) is 2.54. The smallest absolute Gasteiger partial charge is 0.191 e. The number of hydrogen-bond acceptors (Lipinski definition) is 3. The molecule has 124 valence electrons. The van der Waals surface area contributed by atoms with Crippen LogP contribution in [0.2, 0.25) is 0 Å². The molecule has 5 nitrogen and oxygen atoms in total. The molecule has 0 radical (unpaired) electrons. The third-order valence-electron chi connectivity index (χ3n) is 3.30. The maximum Gasteiger partial charge on any atom is 0.191 e. The zero-order valence-corrected chi connectivity index (χ0v) is 14.1. The molecule has 0 aliphatic rings. The summed E-state index contributed by atoms with van der Waals surface area (Å²) in [6.07, 6.45) is 1.81. The lowest BCUT2D eigenvalue weighted by Crippen LogP contribution is -2.38. The number of methoxy groups -OCH3 is 1. The van der Waals surface area contributed by atoms with Gasteiger partial charge in [-0.15, -0.1) is 0 Å². The van der Waals surface area contributed by atoms with Gasteiger partial charge in [0.15, 0.2) is 5.96 Å². The van der Waals surface area contributed by atoms with Crippen molar-refractivity contribution >= 4 is 5.96 Å². The lowest BCUT2D eigenvalue weighted by Gasteiger charge is -2.12. The van der Waals surface area contributed by atoms with E-state index < -0.39 is 0 Å². The molecule has 5 heteroatoms. The molecule has 0 fully saturated rings. The van der Waals surface area contributed by atoms with Crippen LogP contribution >= 0.6 is 0 Å². The molecule has 0 aliphatic carbocycles. The van der Waals surface area contributed by atoms with Gasteiger partial charge < -0.3 is 20.5 Å². The fourth-order valence-corrected chi connectivity index (χ4v) is 1.97. The Morgan fingerprint density at radius 2 is 2.09 bits per heavy atom. The number of nitrogens with one attached hydrogen (secondary N) is 2. The van der Waals surface area contributed by atoms with Crippen LogP contribution in [0, 0.1) is 5.92 Å². The van der Waals surface area contributed by atoms with Crippen molar-refractivity contribution in [3.63, 3.8) is 0 Å². The molecule has 0 saturated carbocycles. The zero-order valence-electron chi connectivity index (χ0n) is 14.1. The highest BCUT2D eigenvalue weighted by Gasteiger charge is 2.04. The van der Waals surface area contributed by atoms with E-state index in [1.165, 1.54) is 0 Å². The van der Waals surface area contributed by atoms with Crippen molar-refractivity contribution in [3.05, 3.63) is 23.8 Å². The minimum Gasteiger partial charge on any atom is -0.508 e. The molecule has 0 unspecified atom stereocenters. The van der Waals surface area contributed by atoms with Gasteiger partial charge in [0.25, 0.3) is 0 Å². The fourth-order valence-electron chi connectivity index (χ4n) is 1.97. The van der Waals surface area contributed by atoms with Gasteiger partial charge in [-0.1, -0.05) is 19.9 Å². The van der Waals surface area contributed by atoms with Crippen molar-refractivity contribution in [1.29, 1.82) is 0 Å². The number of guanidine groups is 1. The number of benzene rings is 1. The summed E-state index contributed by atoms with van der Waals surface area (Å²) >= 11 is 0. The van der Waals surface area contributed by atoms with Crippen LogP contribution in [0.25, 0.3) is 0 Å². The maximum atomic E-state index is 9.94. The summed E-state index contributed by atoms with van der Waals surface area (Å²) in [5.41, 5.74) is 0.895. The van der Waals surface area contributed by atoms with E-state index in [1.54, 1.807) is 13.2 Å². The van der Waals surface area contributed by atoms with Crippen LogP contribution in [0.1, 0.15) is 32.8 Å². The van der Waals surface area contributed by atoms with E-state index in [1.807, 2.05) is 12.1 Å². The van der Waals surface area contributed by atoms with Gasteiger partial charge in [-0.3, -0.25) is 4.99 Å². The number of phenolic OH excluding ortho intramolecular Hbond substituents is 1. The Labute approximate surface area is 133 Å². The van der Waals surface area contributed by atoms with Crippen molar-refractivity contribution in [2.45, 2.75) is 33.6 Å². The van der Waals surface area contributed by atoms with Gasteiger partial charge >= 0.3 is 0 Å². The van der Waals surface area contributed by atoms with Crippen molar-refractivity contribution in [3.8, 4) is 11.5 Å². The summed E-state index contributed by atoms with van der Waals surface area (Å²) in [5, 5.41) is 16.5. The number of ether oxygens (including phenoxy) is 1. The number of rotatable bonds is 8. The average Bonchev–Trinajstić information content (AvgIpc) is 2.48. The Hall–Kier alpha value is -1.91. The highest BCUT2D eigenvalue weighted by molar-refractivity contribution is 5.79. The Morgan fingerprint density at radius 3 is 2.68 bits per heavy atom. The highest BCUT2D eigenvalue weighted by atomic mass is 16.5. The second-order valence-electron chi connectivity index (χ2n) is 5.61. The number of phenols is 1. The van der Waals surface area contributed by atoms with Gasteiger partial charge in [-0.2, -0.15) is 0 Å². The monoisotopic (exact) mass is 307 g/mol. The Morgan fingerprint density at radius 1 is 1.32 bits per heavy atom.